The smallest absolute Gasteiger partial charge is 0.284 e. The Labute approximate surface area is 152 Å². The number of hydrogen-bond acceptors (Lipinski definition) is 6. The fourth-order valence-corrected chi connectivity index (χ4v) is 3.96. The predicted octanol–water partition coefficient (Wildman–Crippen LogP) is 4.76. The Morgan fingerprint density at radius 1 is 1.24 bits per heavy atom. The standard InChI is InChI=1S/C17H13N3O3S2/c1-11-10-24-17(18-11)25-15-8-7-12(9-14(15)20(22)23)16(21)19-13-5-3-2-4-6-13/h2-10H,1H3,(H,19,21). The molecule has 0 unspecified atom stereocenters. The Bertz CT molecular complexity index is 926. The van der Waals surface area contributed by atoms with Crippen molar-refractivity contribution in [1.82, 2.24) is 4.98 Å². The van der Waals surface area contributed by atoms with Gasteiger partial charge < -0.3 is 5.32 Å². The number of nitro benzene ring substituents is 1. The van der Waals surface area contributed by atoms with Crippen LogP contribution in [0, 0.1) is 17.0 Å². The van der Waals surface area contributed by atoms with Gasteiger partial charge in [-0.2, -0.15) is 0 Å². The number of thiazole rings is 1. The van der Waals surface area contributed by atoms with E-state index in [1.807, 2.05) is 18.4 Å². The van der Waals surface area contributed by atoms with Crippen LogP contribution in [0.2, 0.25) is 0 Å². The Hall–Kier alpha value is -2.71. The number of hydrogen-bond donors (Lipinski definition) is 1. The lowest BCUT2D eigenvalue weighted by atomic mass is 10.2. The lowest BCUT2D eigenvalue weighted by Crippen LogP contribution is -2.12. The predicted molar refractivity (Wildman–Crippen MR) is 98.5 cm³/mol. The number of aromatic nitrogens is 1. The summed E-state index contributed by atoms with van der Waals surface area (Å²) in [6, 6.07) is 13.4. The van der Waals surface area contributed by atoms with Crippen molar-refractivity contribution in [3.05, 3.63) is 75.3 Å². The van der Waals surface area contributed by atoms with E-state index in [1.165, 1.54) is 29.2 Å². The third kappa shape index (κ3) is 4.23. The van der Waals surface area contributed by atoms with Gasteiger partial charge >= 0.3 is 0 Å². The maximum atomic E-state index is 12.3. The zero-order valence-electron chi connectivity index (χ0n) is 13.1. The summed E-state index contributed by atoms with van der Waals surface area (Å²) >= 11 is 2.65. The van der Waals surface area contributed by atoms with Gasteiger partial charge in [-0.25, -0.2) is 4.98 Å². The molecule has 0 spiro atoms. The second kappa shape index (κ2) is 7.45. The number of anilines is 1. The number of nitro groups is 1. The quantitative estimate of drug-likeness (QED) is 0.516. The highest BCUT2D eigenvalue weighted by Crippen LogP contribution is 2.36. The number of nitrogens with zero attached hydrogens (tertiary/aromatic N) is 2. The summed E-state index contributed by atoms with van der Waals surface area (Å²) in [5, 5.41) is 16.0. The van der Waals surface area contributed by atoms with Gasteiger partial charge in [-0.05, 0) is 31.2 Å². The van der Waals surface area contributed by atoms with Gasteiger partial charge in [0.05, 0.1) is 9.82 Å². The fraction of sp³-hybridized carbons (Fsp3) is 0.0588. The van der Waals surface area contributed by atoms with Crippen LogP contribution in [0.1, 0.15) is 16.1 Å². The minimum Gasteiger partial charge on any atom is -0.322 e. The van der Waals surface area contributed by atoms with E-state index in [0.717, 1.165) is 10.0 Å². The third-order valence-electron chi connectivity index (χ3n) is 3.24. The molecular formula is C17H13N3O3S2. The summed E-state index contributed by atoms with van der Waals surface area (Å²) < 4.78 is 0.724. The van der Waals surface area contributed by atoms with Crippen molar-refractivity contribution < 1.29 is 9.72 Å². The Kier molecular flexibility index (Phi) is 5.11. The van der Waals surface area contributed by atoms with E-state index < -0.39 is 10.8 Å². The van der Waals surface area contributed by atoms with Gasteiger partial charge in [-0.3, -0.25) is 14.9 Å². The molecule has 1 N–H and O–H groups in total. The number of amides is 1. The third-order valence-corrected chi connectivity index (χ3v) is 5.37. The molecule has 126 valence electrons. The second-order valence-corrected chi connectivity index (χ2v) is 7.26. The number of carbonyl (C=O) groups excluding carboxylic acids is 1. The average molecular weight is 371 g/mol. The zero-order valence-corrected chi connectivity index (χ0v) is 14.8. The van der Waals surface area contributed by atoms with Gasteiger partial charge in [0.2, 0.25) is 0 Å². The molecule has 0 aliphatic carbocycles. The van der Waals surface area contributed by atoms with Crippen LogP contribution in [-0.4, -0.2) is 15.8 Å². The maximum Gasteiger partial charge on any atom is 0.284 e. The molecule has 1 amide bonds. The van der Waals surface area contributed by atoms with Crippen molar-refractivity contribution in [2.45, 2.75) is 16.2 Å². The summed E-state index contributed by atoms with van der Waals surface area (Å²) in [4.78, 5) is 28.0. The van der Waals surface area contributed by atoms with Gasteiger partial charge in [-0.1, -0.05) is 30.0 Å². The van der Waals surface area contributed by atoms with E-state index in [9.17, 15) is 14.9 Å². The molecule has 1 aromatic heterocycles. The number of para-hydroxylation sites is 1. The molecule has 1 heterocycles. The monoisotopic (exact) mass is 371 g/mol. The Morgan fingerprint density at radius 3 is 2.64 bits per heavy atom. The number of carbonyl (C=O) groups is 1. The molecule has 0 saturated heterocycles. The normalized spacial score (nSPS) is 10.4. The number of benzene rings is 2. The molecule has 3 aromatic rings. The first-order valence-electron chi connectivity index (χ1n) is 7.28. The topological polar surface area (TPSA) is 85.1 Å². The maximum absolute atomic E-state index is 12.3. The molecule has 0 aliphatic heterocycles. The number of nitrogens with one attached hydrogen (secondary N) is 1. The first-order chi connectivity index (χ1) is 12.0. The molecular weight excluding hydrogens is 358 g/mol. The van der Waals surface area contributed by atoms with Crippen LogP contribution in [0.15, 0.2) is 63.1 Å². The van der Waals surface area contributed by atoms with Crippen LogP contribution in [0.3, 0.4) is 0 Å². The highest BCUT2D eigenvalue weighted by Gasteiger charge is 2.19. The fourth-order valence-electron chi connectivity index (χ4n) is 2.09. The first-order valence-corrected chi connectivity index (χ1v) is 8.97. The summed E-state index contributed by atoms with van der Waals surface area (Å²) in [6.45, 7) is 1.87. The minimum atomic E-state index is -0.484. The van der Waals surface area contributed by atoms with E-state index in [2.05, 4.69) is 10.3 Å². The van der Waals surface area contributed by atoms with Crippen molar-refractivity contribution in [2.24, 2.45) is 0 Å². The van der Waals surface area contributed by atoms with Crippen molar-refractivity contribution in [1.29, 1.82) is 0 Å². The molecule has 0 saturated carbocycles. The lowest BCUT2D eigenvalue weighted by Gasteiger charge is -2.06. The van der Waals surface area contributed by atoms with Crippen molar-refractivity contribution in [3.8, 4) is 0 Å². The number of rotatable bonds is 5. The minimum absolute atomic E-state index is 0.112. The number of aryl methyl sites for hydroxylation is 1. The summed E-state index contributed by atoms with van der Waals surface area (Å²) in [5.41, 5.74) is 1.62. The summed E-state index contributed by atoms with van der Waals surface area (Å²) in [5.74, 6) is -0.393. The molecule has 0 bridgehead atoms. The average Bonchev–Trinajstić information content (AvgIpc) is 3.00. The van der Waals surface area contributed by atoms with Crippen LogP contribution in [0.25, 0.3) is 0 Å². The molecule has 25 heavy (non-hydrogen) atoms. The van der Waals surface area contributed by atoms with Gasteiger partial charge in [0.15, 0.2) is 4.34 Å². The summed E-state index contributed by atoms with van der Waals surface area (Å²) in [6.07, 6.45) is 0. The van der Waals surface area contributed by atoms with Crippen molar-refractivity contribution in [3.63, 3.8) is 0 Å². The Balaban J connectivity index is 1.85. The molecule has 0 atom stereocenters. The summed E-state index contributed by atoms with van der Waals surface area (Å²) in [7, 11) is 0. The molecule has 0 fully saturated rings. The van der Waals surface area contributed by atoms with Gasteiger partial charge in [0, 0.05) is 28.4 Å². The highest BCUT2D eigenvalue weighted by atomic mass is 32.2. The molecule has 3 rings (SSSR count). The van der Waals surface area contributed by atoms with E-state index in [-0.39, 0.29) is 11.3 Å². The molecule has 2 aromatic carbocycles. The largest absolute Gasteiger partial charge is 0.322 e. The van der Waals surface area contributed by atoms with Crippen LogP contribution in [0.5, 0.6) is 0 Å². The molecule has 0 aliphatic rings. The van der Waals surface area contributed by atoms with Crippen LogP contribution >= 0.6 is 23.1 Å². The van der Waals surface area contributed by atoms with Gasteiger partial charge in [0.25, 0.3) is 11.6 Å². The molecule has 8 heteroatoms. The van der Waals surface area contributed by atoms with E-state index in [4.69, 9.17) is 0 Å². The molecule has 0 radical (unpaired) electrons. The SMILES string of the molecule is Cc1csc(Sc2ccc(C(=O)Nc3ccccc3)cc2[N+](=O)[O-])n1. The molecule has 6 nitrogen and oxygen atoms in total. The highest BCUT2D eigenvalue weighted by molar-refractivity contribution is 8.01. The van der Waals surface area contributed by atoms with Crippen LogP contribution in [-0.2, 0) is 0 Å². The van der Waals surface area contributed by atoms with Crippen molar-refractivity contribution >= 4 is 40.4 Å². The van der Waals surface area contributed by atoms with E-state index >= 15 is 0 Å². The second-order valence-electron chi connectivity index (χ2n) is 5.12. The zero-order chi connectivity index (χ0) is 17.8. The van der Waals surface area contributed by atoms with E-state index in [0.29, 0.717) is 10.6 Å². The lowest BCUT2D eigenvalue weighted by molar-refractivity contribution is -0.387. The Morgan fingerprint density at radius 2 is 2.00 bits per heavy atom. The van der Waals surface area contributed by atoms with Crippen LogP contribution < -0.4 is 5.32 Å². The van der Waals surface area contributed by atoms with Crippen molar-refractivity contribution in [2.75, 3.05) is 5.32 Å². The van der Waals surface area contributed by atoms with Gasteiger partial charge in [0.1, 0.15) is 0 Å². The van der Waals surface area contributed by atoms with Gasteiger partial charge in [-0.15, -0.1) is 11.3 Å². The first kappa shape index (κ1) is 17.1. The van der Waals surface area contributed by atoms with E-state index in [1.54, 1.807) is 36.4 Å². The van der Waals surface area contributed by atoms with Crippen LogP contribution in [0.4, 0.5) is 11.4 Å².